The van der Waals surface area contributed by atoms with Crippen LogP contribution in [0.25, 0.3) is 0 Å². The summed E-state index contributed by atoms with van der Waals surface area (Å²) in [5, 5.41) is 9.65. The van der Waals surface area contributed by atoms with Crippen molar-refractivity contribution in [2.24, 2.45) is 5.73 Å². The van der Waals surface area contributed by atoms with Crippen molar-refractivity contribution in [3.8, 4) is 0 Å². The van der Waals surface area contributed by atoms with Gasteiger partial charge in [0.25, 0.3) is 0 Å². The number of aliphatic hydroxyl groups is 1. The summed E-state index contributed by atoms with van der Waals surface area (Å²) in [6.07, 6.45) is 5.96. The topological polar surface area (TPSA) is 62.4 Å². The SMILES string of the molecule is NC(=S)c1cc2c(nc1N1CCC(O)CC1)CCCC2. The molecule has 0 radical (unpaired) electrons. The van der Waals surface area contributed by atoms with Gasteiger partial charge in [-0.25, -0.2) is 4.98 Å². The number of rotatable bonds is 2. The van der Waals surface area contributed by atoms with E-state index in [4.69, 9.17) is 22.9 Å². The highest BCUT2D eigenvalue weighted by Gasteiger charge is 2.23. The molecule has 20 heavy (non-hydrogen) atoms. The van der Waals surface area contributed by atoms with Crippen LogP contribution in [-0.4, -0.2) is 34.3 Å². The van der Waals surface area contributed by atoms with Crippen LogP contribution in [0.3, 0.4) is 0 Å². The molecule has 2 heterocycles. The van der Waals surface area contributed by atoms with Crippen molar-refractivity contribution in [2.45, 2.75) is 44.6 Å². The molecule has 0 atom stereocenters. The van der Waals surface area contributed by atoms with E-state index in [0.717, 1.165) is 50.2 Å². The average molecular weight is 291 g/mol. The first-order valence-electron chi connectivity index (χ1n) is 7.41. The first-order valence-corrected chi connectivity index (χ1v) is 7.81. The van der Waals surface area contributed by atoms with E-state index >= 15 is 0 Å². The van der Waals surface area contributed by atoms with Gasteiger partial charge in [0, 0.05) is 18.8 Å². The largest absolute Gasteiger partial charge is 0.393 e. The van der Waals surface area contributed by atoms with Crippen molar-refractivity contribution < 1.29 is 5.11 Å². The van der Waals surface area contributed by atoms with E-state index in [1.165, 1.54) is 24.1 Å². The molecule has 1 aromatic heterocycles. The molecule has 0 aromatic carbocycles. The maximum absolute atomic E-state index is 9.65. The maximum atomic E-state index is 9.65. The number of nitrogens with two attached hydrogens (primary N) is 1. The van der Waals surface area contributed by atoms with Crippen LogP contribution in [0, 0.1) is 0 Å². The lowest BCUT2D eigenvalue weighted by atomic mass is 9.94. The summed E-state index contributed by atoms with van der Waals surface area (Å²) in [5.74, 6) is 0.921. The molecule has 3 N–H and O–H groups in total. The van der Waals surface area contributed by atoms with E-state index < -0.39 is 0 Å². The minimum absolute atomic E-state index is 0.183. The van der Waals surface area contributed by atoms with Gasteiger partial charge in [-0.15, -0.1) is 0 Å². The van der Waals surface area contributed by atoms with E-state index in [1.54, 1.807) is 0 Å². The number of fused-ring (bicyclic) bond motifs is 1. The smallest absolute Gasteiger partial charge is 0.139 e. The Bertz CT molecular complexity index is 524. The summed E-state index contributed by atoms with van der Waals surface area (Å²) in [6.45, 7) is 1.64. The molecule has 5 heteroatoms. The van der Waals surface area contributed by atoms with Gasteiger partial charge in [-0.3, -0.25) is 0 Å². The fourth-order valence-corrected chi connectivity index (χ4v) is 3.27. The third-order valence-electron chi connectivity index (χ3n) is 4.31. The number of nitrogens with zero attached hydrogens (tertiary/aromatic N) is 2. The highest BCUT2D eigenvalue weighted by Crippen LogP contribution is 2.28. The Labute approximate surface area is 125 Å². The lowest BCUT2D eigenvalue weighted by molar-refractivity contribution is 0.145. The number of hydrogen-bond acceptors (Lipinski definition) is 4. The molecule has 0 spiro atoms. The monoisotopic (exact) mass is 291 g/mol. The Morgan fingerprint density at radius 2 is 2.00 bits per heavy atom. The van der Waals surface area contributed by atoms with Crippen LogP contribution in [0.4, 0.5) is 5.82 Å². The van der Waals surface area contributed by atoms with Gasteiger partial charge in [-0.1, -0.05) is 12.2 Å². The van der Waals surface area contributed by atoms with E-state index in [0.29, 0.717) is 4.99 Å². The maximum Gasteiger partial charge on any atom is 0.139 e. The zero-order valence-electron chi connectivity index (χ0n) is 11.6. The second-order valence-electron chi connectivity index (χ2n) is 5.75. The lowest BCUT2D eigenvalue weighted by Crippen LogP contribution is -2.38. The van der Waals surface area contributed by atoms with Crippen molar-refractivity contribution >= 4 is 23.0 Å². The Hall–Kier alpha value is -1.20. The Kier molecular flexibility index (Phi) is 3.89. The highest BCUT2D eigenvalue weighted by atomic mass is 32.1. The predicted octanol–water partition coefficient (Wildman–Crippen LogP) is 1.56. The summed E-state index contributed by atoms with van der Waals surface area (Å²) in [4.78, 5) is 7.50. The van der Waals surface area contributed by atoms with E-state index in [2.05, 4.69) is 11.0 Å². The molecule has 2 aliphatic rings. The summed E-state index contributed by atoms with van der Waals surface area (Å²) in [7, 11) is 0. The zero-order chi connectivity index (χ0) is 14.1. The standard InChI is InChI=1S/C15H21N3OS/c16-14(20)12-9-10-3-1-2-4-13(10)17-15(12)18-7-5-11(19)6-8-18/h9,11,19H,1-8H2,(H2,16,20). The van der Waals surface area contributed by atoms with Gasteiger partial charge >= 0.3 is 0 Å². The number of aryl methyl sites for hydroxylation is 2. The molecule has 0 saturated carbocycles. The third kappa shape index (κ3) is 2.65. The average Bonchev–Trinajstić information content (AvgIpc) is 2.46. The minimum Gasteiger partial charge on any atom is -0.393 e. The fourth-order valence-electron chi connectivity index (χ4n) is 3.12. The zero-order valence-corrected chi connectivity index (χ0v) is 12.5. The van der Waals surface area contributed by atoms with Gasteiger partial charge in [0.2, 0.25) is 0 Å². The Morgan fingerprint density at radius 1 is 1.30 bits per heavy atom. The number of thiocarbonyl (C=S) groups is 1. The van der Waals surface area contributed by atoms with Crippen LogP contribution >= 0.6 is 12.2 Å². The number of anilines is 1. The molecule has 0 amide bonds. The number of aliphatic hydroxyl groups excluding tert-OH is 1. The second-order valence-corrected chi connectivity index (χ2v) is 6.19. The molecule has 108 valence electrons. The van der Waals surface area contributed by atoms with Gasteiger partial charge in [0.1, 0.15) is 10.8 Å². The van der Waals surface area contributed by atoms with Crippen molar-refractivity contribution in [3.63, 3.8) is 0 Å². The van der Waals surface area contributed by atoms with E-state index in [1.807, 2.05) is 0 Å². The first kappa shape index (κ1) is 13.8. The van der Waals surface area contributed by atoms with Gasteiger partial charge < -0.3 is 15.7 Å². The molecule has 4 nitrogen and oxygen atoms in total. The summed E-state index contributed by atoms with van der Waals surface area (Å²) >= 11 is 5.21. The normalized spacial score (nSPS) is 19.8. The molecule has 1 saturated heterocycles. The lowest BCUT2D eigenvalue weighted by Gasteiger charge is -2.32. The van der Waals surface area contributed by atoms with Crippen LogP contribution in [0.1, 0.15) is 42.5 Å². The molecular formula is C15H21N3OS. The number of pyridine rings is 1. The van der Waals surface area contributed by atoms with Crippen LogP contribution in [0.5, 0.6) is 0 Å². The van der Waals surface area contributed by atoms with E-state index in [9.17, 15) is 5.11 Å². The third-order valence-corrected chi connectivity index (χ3v) is 4.53. The Morgan fingerprint density at radius 3 is 2.70 bits per heavy atom. The van der Waals surface area contributed by atoms with E-state index in [-0.39, 0.29) is 6.10 Å². The molecule has 3 rings (SSSR count). The molecule has 0 bridgehead atoms. The fraction of sp³-hybridized carbons (Fsp3) is 0.600. The molecular weight excluding hydrogens is 270 g/mol. The molecule has 1 aliphatic carbocycles. The molecule has 1 aromatic rings. The summed E-state index contributed by atoms with van der Waals surface area (Å²) < 4.78 is 0. The molecule has 1 aliphatic heterocycles. The van der Waals surface area contributed by atoms with Gasteiger partial charge in [0.15, 0.2) is 0 Å². The summed E-state index contributed by atoms with van der Waals surface area (Å²) in [5.41, 5.74) is 9.31. The van der Waals surface area contributed by atoms with Gasteiger partial charge in [-0.05, 0) is 50.2 Å². The van der Waals surface area contributed by atoms with Crippen LogP contribution < -0.4 is 10.6 Å². The number of aromatic nitrogens is 1. The predicted molar refractivity (Wildman–Crippen MR) is 84.2 cm³/mol. The van der Waals surface area contributed by atoms with Crippen LogP contribution in [0.15, 0.2) is 6.07 Å². The quantitative estimate of drug-likeness (QED) is 0.810. The highest BCUT2D eigenvalue weighted by molar-refractivity contribution is 7.80. The molecule has 1 fully saturated rings. The number of hydrogen-bond donors (Lipinski definition) is 2. The van der Waals surface area contributed by atoms with Crippen molar-refractivity contribution in [1.29, 1.82) is 0 Å². The second kappa shape index (κ2) is 5.66. The van der Waals surface area contributed by atoms with Crippen LogP contribution in [-0.2, 0) is 12.8 Å². The van der Waals surface area contributed by atoms with Crippen molar-refractivity contribution in [1.82, 2.24) is 4.98 Å². The van der Waals surface area contributed by atoms with Gasteiger partial charge in [-0.2, -0.15) is 0 Å². The van der Waals surface area contributed by atoms with Gasteiger partial charge in [0.05, 0.1) is 11.7 Å². The minimum atomic E-state index is -0.183. The van der Waals surface area contributed by atoms with Crippen molar-refractivity contribution in [2.75, 3.05) is 18.0 Å². The molecule has 0 unspecified atom stereocenters. The van der Waals surface area contributed by atoms with Crippen LogP contribution in [0.2, 0.25) is 0 Å². The Balaban J connectivity index is 1.97. The van der Waals surface area contributed by atoms with Crippen molar-refractivity contribution in [3.05, 3.63) is 22.9 Å². The summed E-state index contributed by atoms with van der Waals surface area (Å²) in [6, 6.07) is 2.14. The number of piperidine rings is 1. The first-order chi connectivity index (χ1) is 9.65.